The van der Waals surface area contributed by atoms with Gasteiger partial charge in [-0.1, -0.05) is 30.8 Å². The van der Waals surface area contributed by atoms with E-state index >= 15 is 0 Å². The average Bonchev–Trinajstić information content (AvgIpc) is 3.48. The highest BCUT2D eigenvalue weighted by molar-refractivity contribution is 5.95. The number of nitrogens with zero attached hydrogens (tertiary/aromatic N) is 6. The topological polar surface area (TPSA) is 94.5 Å². The summed E-state index contributed by atoms with van der Waals surface area (Å²) in [6.45, 7) is 10.8. The Morgan fingerprint density at radius 3 is 2.74 bits per heavy atom. The second kappa shape index (κ2) is 12.5. The molecule has 10 nitrogen and oxygen atoms in total. The number of rotatable bonds is 9. The number of aromatic nitrogens is 2. The summed E-state index contributed by atoms with van der Waals surface area (Å²) in [4.78, 5) is 30.9. The molecule has 0 unspecified atom stereocenters. The van der Waals surface area contributed by atoms with Crippen LogP contribution in [0.5, 0.6) is 11.8 Å². The number of phenolic OH excluding ortho intramolecular Hbond substituents is 1. The fraction of sp³-hybridized carbons (Fsp3) is 0.469. The standard InChI is InChI=1S/C32H40N6O4/c1-3-30(40)36-13-15-37(16-14-36)31-27-10-12-38(29-20-25(39)19-23-7-4-5-9-26(23)29)21-28(27)33-32(34-31)42-22-24-8-6-11-35(24)17-18-41-2/h3-5,7,9,19-20,24,39H,1,6,8,10-18,21-22H2,2H3/t24-/m0/s1. The molecule has 0 spiro atoms. The summed E-state index contributed by atoms with van der Waals surface area (Å²) in [6, 6.07) is 12.5. The van der Waals surface area contributed by atoms with Gasteiger partial charge in [-0.05, 0) is 43.3 Å². The third-order valence-electron chi connectivity index (χ3n) is 8.74. The van der Waals surface area contributed by atoms with Gasteiger partial charge in [0.2, 0.25) is 5.91 Å². The molecule has 222 valence electrons. The van der Waals surface area contributed by atoms with Crippen LogP contribution < -0.4 is 14.5 Å². The molecule has 1 atom stereocenters. The van der Waals surface area contributed by atoms with Gasteiger partial charge in [0.25, 0.3) is 0 Å². The fourth-order valence-corrected chi connectivity index (χ4v) is 6.48. The molecule has 0 aliphatic carbocycles. The minimum Gasteiger partial charge on any atom is -0.508 e. The quantitative estimate of drug-likeness (QED) is 0.388. The molecule has 3 aliphatic rings. The van der Waals surface area contributed by atoms with Crippen LogP contribution in [0.4, 0.5) is 11.5 Å². The first kappa shape index (κ1) is 28.2. The first-order chi connectivity index (χ1) is 20.5. The number of hydrogen-bond acceptors (Lipinski definition) is 9. The van der Waals surface area contributed by atoms with Gasteiger partial charge in [-0.15, -0.1) is 0 Å². The summed E-state index contributed by atoms with van der Waals surface area (Å²) >= 11 is 0. The summed E-state index contributed by atoms with van der Waals surface area (Å²) in [6.07, 6.45) is 4.38. The van der Waals surface area contributed by atoms with E-state index in [-0.39, 0.29) is 11.7 Å². The first-order valence-corrected chi connectivity index (χ1v) is 14.9. The molecule has 0 radical (unpaired) electrons. The van der Waals surface area contributed by atoms with Crippen LogP contribution in [-0.4, -0.2) is 103 Å². The third kappa shape index (κ3) is 5.87. The highest BCUT2D eigenvalue weighted by atomic mass is 16.5. The highest BCUT2D eigenvalue weighted by Crippen LogP contribution is 2.36. The van der Waals surface area contributed by atoms with Gasteiger partial charge in [0, 0.05) is 75.1 Å². The van der Waals surface area contributed by atoms with Crippen LogP contribution in [0, 0.1) is 0 Å². The van der Waals surface area contributed by atoms with E-state index in [1.807, 2.05) is 29.2 Å². The Hall–Kier alpha value is -3.89. The zero-order valence-electron chi connectivity index (χ0n) is 24.4. The SMILES string of the molecule is C=CC(=O)N1CCN(c2nc(OC[C@@H]3CCCN3CCOC)nc3c2CCN(c2cc(O)cc4ccccc24)C3)CC1. The minimum atomic E-state index is -0.0352. The normalized spacial score (nSPS) is 19.3. The monoisotopic (exact) mass is 572 g/mol. The number of aromatic hydroxyl groups is 1. The van der Waals surface area contributed by atoms with Crippen molar-refractivity contribution in [3.63, 3.8) is 0 Å². The molecular formula is C32H40N6O4. The number of piperazine rings is 1. The number of phenols is 1. The Morgan fingerprint density at radius 1 is 1.10 bits per heavy atom. The van der Waals surface area contributed by atoms with Gasteiger partial charge in [-0.25, -0.2) is 0 Å². The predicted molar refractivity (Wildman–Crippen MR) is 163 cm³/mol. The van der Waals surface area contributed by atoms with E-state index in [2.05, 4.69) is 27.3 Å². The van der Waals surface area contributed by atoms with Crippen molar-refractivity contribution in [3.8, 4) is 11.8 Å². The van der Waals surface area contributed by atoms with E-state index in [1.54, 1.807) is 13.2 Å². The molecule has 2 aromatic carbocycles. The molecule has 1 aromatic heterocycles. The van der Waals surface area contributed by atoms with Crippen molar-refractivity contribution >= 4 is 28.2 Å². The van der Waals surface area contributed by atoms with E-state index in [1.165, 1.54) is 6.08 Å². The number of amides is 1. The van der Waals surface area contributed by atoms with Gasteiger partial charge in [-0.3, -0.25) is 9.69 Å². The number of carbonyl (C=O) groups is 1. The molecule has 42 heavy (non-hydrogen) atoms. The van der Waals surface area contributed by atoms with E-state index < -0.39 is 0 Å². The summed E-state index contributed by atoms with van der Waals surface area (Å²) in [5.74, 6) is 1.12. The Bertz CT molecular complexity index is 1440. The summed E-state index contributed by atoms with van der Waals surface area (Å²) in [7, 11) is 1.74. The Balaban J connectivity index is 1.28. The highest BCUT2D eigenvalue weighted by Gasteiger charge is 2.30. The lowest BCUT2D eigenvalue weighted by molar-refractivity contribution is -0.126. The molecule has 1 amide bonds. The van der Waals surface area contributed by atoms with Crippen molar-refractivity contribution in [3.05, 3.63) is 60.3 Å². The molecule has 6 rings (SSSR count). The Morgan fingerprint density at radius 2 is 1.93 bits per heavy atom. The minimum absolute atomic E-state index is 0.0352. The first-order valence-electron chi connectivity index (χ1n) is 14.9. The van der Waals surface area contributed by atoms with Crippen LogP contribution in [0.2, 0.25) is 0 Å². The van der Waals surface area contributed by atoms with Gasteiger partial charge in [-0.2, -0.15) is 9.97 Å². The van der Waals surface area contributed by atoms with Crippen LogP contribution in [0.25, 0.3) is 10.8 Å². The third-order valence-corrected chi connectivity index (χ3v) is 8.74. The molecule has 2 fully saturated rings. The summed E-state index contributed by atoms with van der Waals surface area (Å²) in [5.41, 5.74) is 3.07. The zero-order chi connectivity index (χ0) is 29.1. The number of carbonyl (C=O) groups excluding carboxylic acids is 1. The Labute approximate surface area is 247 Å². The molecular weight excluding hydrogens is 532 g/mol. The number of anilines is 2. The van der Waals surface area contributed by atoms with Gasteiger partial charge in [0.1, 0.15) is 18.2 Å². The van der Waals surface area contributed by atoms with Gasteiger partial charge in [0.05, 0.1) is 18.8 Å². The molecule has 3 aliphatic heterocycles. The van der Waals surface area contributed by atoms with E-state index in [4.69, 9.17) is 19.4 Å². The lowest BCUT2D eigenvalue weighted by Gasteiger charge is -2.38. The van der Waals surface area contributed by atoms with Crippen LogP contribution in [0.3, 0.4) is 0 Å². The maximum absolute atomic E-state index is 12.2. The number of benzene rings is 2. The van der Waals surface area contributed by atoms with Crippen LogP contribution in [0.15, 0.2) is 49.1 Å². The fourth-order valence-electron chi connectivity index (χ4n) is 6.48. The van der Waals surface area contributed by atoms with Gasteiger partial charge < -0.3 is 29.3 Å². The molecule has 2 saturated heterocycles. The maximum Gasteiger partial charge on any atom is 0.318 e. The Kier molecular flexibility index (Phi) is 8.43. The van der Waals surface area contributed by atoms with Crippen molar-refractivity contribution in [1.29, 1.82) is 0 Å². The summed E-state index contributed by atoms with van der Waals surface area (Å²) in [5, 5.41) is 12.6. The van der Waals surface area contributed by atoms with Crippen LogP contribution in [0.1, 0.15) is 24.1 Å². The lowest BCUT2D eigenvalue weighted by atomic mass is 10.0. The van der Waals surface area contributed by atoms with Crippen molar-refractivity contribution in [1.82, 2.24) is 19.8 Å². The van der Waals surface area contributed by atoms with E-state index in [9.17, 15) is 9.90 Å². The number of fused-ring (bicyclic) bond motifs is 2. The van der Waals surface area contributed by atoms with Crippen molar-refractivity contribution in [2.24, 2.45) is 0 Å². The predicted octanol–water partition coefficient (Wildman–Crippen LogP) is 3.22. The van der Waals surface area contributed by atoms with E-state index in [0.717, 1.165) is 72.4 Å². The second-order valence-electron chi connectivity index (χ2n) is 11.3. The number of hydrogen-bond donors (Lipinski definition) is 1. The van der Waals surface area contributed by atoms with Crippen molar-refractivity contribution < 1.29 is 19.4 Å². The van der Waals surface area contributed by atoms with Crippen molar-refractivity contribution in [2.75, 3.05) is 75.9 Å². The average molecular weight is 573 g/mol. The summed E-state index contributed by atoms with van der Waals surface area (Å²) < 4.78 is 11.6. The largest absolute Gasteiger partial charge is 0.508 e. The maximum atomic E-state index is 12.2. The molecule has 0 bridgehead atoms. The lowest BCUT2D eigenvalue weighted by Crippen LogP contribution is -2.49. The van der Waals surface area contributed by atoms with Crippen LogP contribution in [-0.2, 0) is 22.5 Å². The second-order valence-corrected chi connectivity index (χ2v) is 11.3. The van der Waals surface area contributed by atoms with Crippen molar-refractivity contribution in [2.45, 2.75) is 31.8 Å². The molecule has 10 heteroatoms. The number of ether oxygens (including phenoxy) is 2. The molecule has 1 N–H and O–H groups in total. The zero-order valence-corrected chi connectivity index (χ0v) is 24.4. The van der Waals surface area contributed by atoms with Gasteiger partial charge in [0.15, 0.2) is 0 Å². The molecule has 3 aromatic rings. The van der Waals surface area contributed by atoms with E-state index in [0.29, 0.717) is 58.0 Å². The van der Waals surface area contributed by atoms with Crippen LogP contribution >= 0.6 is 0 Å². The number of methoxy groups -OCH3 is 1. The molecule has 0 saturated carbocycles. The molecule has 4 heterocycles. The van der Waals surface area contributed by atoms with Gasteiger partial charge >= 0.3 is 6.01 Å². The smallest absolute Gasteiger partial charge is 0.318 e. The number of likely N-dealkylation sites (tertiary alicyclic amines) is 1.